The van der Waals surface area contributed by atoms with Crippen molar-refractivity contribution in [3.63, 3.8) is 0 Å². The number of fused-ring (bicyclic) bond motifs is 1. The molecule has 2 heterocycles. The number of hydrogen-bond acceptors (Lipinski definition) is 3. The molecule has 9 heteroatoms. The highest BCUT2D eigenvalue weighted by atomic mass is 35.5. The molecule has 2 N–H and O–H groups in total. The highest BCUT2D eigenvalue weighted by molar-refractivity contribution is 6.35. The highest BCUT2D eigenvalue weighted by Crippen LogP contribution is 2.34. The van der Waals surface area contributed by atoms with Crippen molar-refractivity contribution in [3.05, 3.63) is 91.8 Å². The van der Waals surface area contributed by atoms with Gasteiger partial charge in [-0.1, -0.05) is 53.5 Å². The molecule has 4 aromatic rings. The lowest BCUT2D eigenvalue weighted by Gasteiger charge is -2.10. The number of rotatable bonds is 4. The zero-order valence-corrected chi connectivity index (χ0v) is 18.4. The summed E-state index contributed by atoms with van der Waals surface area (Å²) in [5.41, 5.74) is 2.03. The molecular weight excluding hydrogens is 459 g/mol. The van der Waals surface area contributed by atoms with Crippen LogP contribution in [0, 0.1) is 0 Å². The van der Waals surface area contributed by atoms with Gasteiger partial charge in [-0.15, -0.1) is 5.10 Å². The number of pyridine rings is 1. The molecule has 0 aliphatic carbocycles. The van der Waals surface area contributed by atoms with E-state index in [9.17, 15) is 9.59 Å². The minimum atomic E-state index is -0.569. The van der Waals surface area contributed by atoms with E-state index in [1.165, 1.54) is 6.07 Å². The van der Waals surface area contributed by atoms with E-state index >= 15 is 0 Å². The third-order valence-corrected chi connectivity index (χ3v) is 5.30. The Bertz CT molecular complexity index is 1410. The quantitative estimate of drug-likeness (QED) is 0.404. The van der Waals surface area contributed by atoms with Gasteiger partial charge in [-0.05, 0) is 43.3 Å². The standard InChI is InChI=1S/C22H15Cl3N4O2/c1-11(2)26-21(30)16-10-15-19(12-3-5-13(23)6-4-12)29(28-20(15)27-22(16)31)18-8-7-14(24)9-17(18)25/h3-10H,1H2,2H3,(H,26,30)(H,27,28,31). The van der Waals surface area contributed by atoms with Crippen LogP contribution < -0.4 is 10.9 Å². The van der Waals surface area contributed by atoms with Gasteiger partial charge in [0.2, 0.25) is 0 Å². The van der Waals surface area contributed by atoms with Gasteiger partial charge in [0.1, 0.15) is 5.56 Å². The van der Waals surface area contributed by atoms with Gasteiger partial charge in [-0.25, -0.2) is 4.68 Å². The minimum absolute atomic E-state index is 0.0625. The van der Waals surface area contributed by atoms with Crippen LogP contribution in [0.15, 0.2) is 65.6 Å². The molecule has 4 rings (SSSR count). The second kappa shape index (κ2) is 8.23. The van der Waals surface area contributed by atoms with Gasteiger partial charge in [-0.2, -0.15) is 0 Å². The maximum Gasteiger partial charge on any atom is 0.262 e. The lowest BCUT2D eigenvalue weighted by atomic mass is 10.1. The lowest BCUT2D eigenvalue weighted by Crippen LogP contribution is -2.27. The van der Waals surface area contributed by atoms with Crippen LogP contribution in [-0.2, 0) is 0 Å². The Morgan fingerprint density at radius 3 is 2.39 bits per heavy atom. The number of amides is 1. The fourth-order valence-corrected chi connectivity index (χ4v) is 3.80. The van der Waals surface area contributed by atoms with Crippen molar-refractivity contribution in [2.45, 2.75) is 6.92 Å². The number of carbonyl (C=O) groups excluding carboxylic acids is 1. The zero-order chi connectivity index (χ0) is 22.3. The molecule has 0 unspecified atom stereocenters. The summed E-state index contributed by atoms with van der Waals surface area (Å²) in [5, 5.41) is 9.07. The number of H-pyrrole nitrogens is 1. The first-order valence-electron chi connectivity index (χ1n) is 9.09. The maximum absolute atomic E-state index is 12.5. The van der Waals surface area contributed by atoms with Crippen molar-refractivity contribution in [3.8, 4) is 16.9 Å². The van der Waals surface area contributed by atoms with Gasteiger partial charge in [0.15, 0.2) is 5.65 Å². The van der Waals surface area contributed by atoms with Crippen molar-refractivity contribution < 1.29 is 4.79 Å². The molecule has 0 saturated heterocycles. The summed E-state index contributed by atoms with van der Waals surface area (Å²) in [4.78, 5) is 27.7. The fraction of sp³-hybridized carbons (Fsp3) is 0.0455. The van der Waals surface area contributed by atoms with Crippen LogP contribution in [0.1, 0.15) is 17.3 Å². The summed E-state index contributed by atoms with van der Waals surface area (Å²) < 4.78 is 1.60. The number of halogens is 3. The van der Waals surface area contributed by atoms with Gasteiger partial charge in [0, 0.05) is 26.7 Å². The van der Waals surface area contributed by atoms with Crippen LogP contribution in [0.3, 0.4) is 0 Å². The van der Waals surface area contributed by atoms with Crippen LogP contribution in [-0.4, -0.2) is 20.7 Å². The Morgan fingerprint density at radius 2 is 1.74 bits per heavy atom. The van der Waals surface area contributed by atoms with Crippen molar-refractivity contribution in [1.29, 1.82) is 0 Å². The van der Waals surface area contributed by atoms with Gasteiger partial charge >= 0.3 is 0 Å². The normalized spacial score (nSPS) is 11.0. The number of hydrogen-bond donors (Lipinski definition) is 2. The van der Waals surface area contributed by atoms with Crippen molar-refractivity contribution in [2.75, 3.05) is 0 Å². The summed E-state index contributed by atoms with van der Waals surface area (Å²) in [6.07, 6.45) is 0. The smallest absolute Gasteiger partial charge is 0.262 e. The largest absolute Gasteiger partial charge is 0.326 e. The second-order valence-electron chi connectivity index (χ2n) is 6.87. The summed E-state index contributed by atoms with van der Waals surface area (Å²) in [6, 6.07) is 13.6. The Morgan fingerprint density at radius 1 is 1.06 bits per heavy atom. The van der Waals surface area contributed by atoms with E-state index in [0.29, 0.717) is 43.2 Å². The molecule has 0 saturated carbocycles. The molecule has 0 fully saturated rings. The molecule has 2 aromatic carbocycles. The Hall–Kier alpha value is -3.06. The Kier molecular flexibility index (Phi) is 5.62. The van der Waals surface area contributed by atoms with Crippen LogP contribution in [0.2, 0.25) is 15.1 Å². The Balaban J connectivity index is 2.04. The molecule has 0 aliphatic heterocycles. The van der Waals surface area contributed by atoms with Crippen molar-refractivity contribution in [2.24, 2.45) is 0 Å². The Labute approximate surface area is 192 Å². The number of nitrogens with zero attached hydrogens (tertiary/aromatic N) is 2. The lowest BCUT2D eigenvalue weighted by molar-refractivity contribution is 0.0965. The molecule has 1 amide bonds. The van der Waals surface area contributed by atoms with Gasteiger partial charge in [0.25, 0.3) is 11.5 Å². The molecule has 31 heavy (non-hydrogen) atoms. The predicted molar refractivity (Wildman–Crippen MR) is 124 cm³/mol. The minimum Gasteiger partial charge on any atom is -0.326 e. The van der Waals surface area contributed by atoms with Crippen molar-refractivity contribution in [1.82, 2.24) is 20.1 Å². The van der Waals surface area contributed by atoms with Gasteiger partial charge in [-0.3, -0.25) is 9.59 Å². The van der Waals surface area contributed by atoms with E-state index in [1.807, 2.05) is 12.1 Å². The van der Waals surface area contributed by atoms with Crippen LogP contribution in [0.4, 0.5) is 0 Å². The van der Waals surface area contributed by atoms with Gasteiger partial charge < -0.3 is 10.3 Å². The monoisotopic (exact) mass is 472 g/mol. The average molecular weight is 474 g/mol. The number of benzene rings is 2. The van der Waals surface area contributed by atoms with Gasteiger partial charge in [0.05, 0.1) is 16.4 Å². The molecule has 0 bridgehead atoms. The number of allylic oxidation sites excluding steroid dienone is 1. The number of carbonyl (C=O) groups is 1. The molecule has 2 aromatic heterocycles. The van der Waals surface area contributed by atoms with E-state index in [4.69, 9.17) is 34.8 Å². The third-order valence-electron chi connectivity index (χ3n) is 4.51. The molecule has 6 nitrogen and oxygen atoms in total. The molecule has 0 atom stereocenters. The summed E-state index contributed by atoms with van der Waals surface area (Å²) in [6.45, 7) is 5.28. The summed E-state index contributed by atoms with van der Waals surface area (Å²) in [7, 11) is 0. The topological polar surface area (TPSA) is 79.8 Å². The van der Waals surface area contributed by atoms with Crippen LogP contribution in [0.25, 0.3) is 28.0 Å². The fourth-order valence-electron chi connectivity index (χ4n) is 3.19. The van der Waals surface area contributed by atoms with E-state index in [0.717, 1.165) is 5.56 Å². The molecule has 0 radical (unpaired) electrons. The number of nitrogens with one attached hydrogen (secondary N) is 2. The zero-order valence-electron chi connectivity index (χ0n) is 16.2. The SMILES string of the molecule is C=C(C)NC(=O)c1cc2c(-c3ccc(Cl)cc3)n(-c3ccc(Cl)cc3Cl)nc2[nH]c1=O. The first-order valence-corrected chi connectivity index (χ1v) is 10.2. The van der Waals surface area contributed by atoms with E-state index in [-0.39, 0.29) is 5.56 Å². The second-order valence-corrected chi connectivity index (χ2v) is 8.15. The van der Waals surface area contributed by atoms with Crippen LogP contribution >= 0.6 is 34.8 Å². The van der Waals surface area contributed by atoms with E-state index < -0.39 is 11.5 Å². The maximum atomic E-state index is 12.5. The first kappa shape index (κ1) is 21.2. The van der Waals surface area contributed by atoms with E-state index in [2.05, 4.69) is 22.0 Å². The molecule has 0 spiro atoms. The van der Waals surface area contributed by atoms with Crippen LogP contribution in [0.5, 0.6) is 0 Å². The van der Waals surface area contributed by atoms with Crippen molar-refractivity contribution >= 4 is 51.7 Å². The third kappa shape index (κ3) is 4.10. The summed E-state index contributed by atoms with van der Waals surface area (Å²) >= 11 is 18.5. The first-order chi connectivity index (χ1) is 14.7. The average Bonchev–Trinajstić information content (AvgIpc) is 3.05. The predicted octanol–water partition coefficient (Wildman–Crippen LogP) is 5.60. The number of aromatic amines is 1. The number of aromatic nitrogens is 3. The molecule has 156 valence electrons. The van der Waals surface area contributed by atoms with E-state index in [1.54, 1.807) is 41.9 Å². The summed E-state index contributed by atoms with van der Waals surface area (Å²) in [5.74, 6) is -0.560. The molecule has 0 aliphatic rings. The highest BCUT2D eigenvalue weighted by Gasteiger charge is 2.21. The molecular formula is C22H15Cl3N4O2.